The van der Waals surface area contributed by atoms with Crippen molar-refractivity contribution in [2.75, 3.05) is 42.8 Å². The molecule has 0 bridgehead atoms. The fraction of sp³-hybridized carbons (Fsp3) is 0.360. The van der Waals surface area contributed by atoms with E-state index < -0.39 is 10.0 Å². The fourth-order valence-electron chi connectivity index (χ4n) is 4.15. The number of rotatable bonds is 10. The Kier molecular flexibility index (Phi) is 8.38. The molecule has 10 nitrogen and oxygen atoms in total. The number of halogens is 1. The highest BCUT2D eigenvalue weighted by atomic mass is 35.5. The minimum atomic E-state index is -3.75. The molecule has 1 aromatic heterocycles. The summed E-state index contributed by atoms with van der Waals surface area (Å²) in [5.74, 6) is 1.18. The first-order valence-electron chi connectivity index (χ1n) is 12.0. The van der Waals surface area contributed by atoms with Crippen LogP contribution < -0.4 is 30.3 Å². The molecule has 2 aromatic carbocycles. The predicted octanol–water partition coefficient (Wildman–Crippen LogP) is 4.11. The molecule has 2 heterocycles. The van der Waals surface area contributed by atoms with Gasteiger partial charge in [0.15, 0.2) is 5.82 Å². The van der Waals surface area contributed by atoms with Crippen LogP contribution in [0, 0.1) is 0 Å². The summed E-state index contributed by atoms with van der Waals surface area (Å²) in [7, 11) is -0.149. The van der Waals surface area contributed by atoms with E-state index in [9.17, 15) is 8.42 Å². The van der Waals surface area contributed by atoms with Crippen LogP contribution in [0.25, 0.3) is 0 Å². The third kappa shape index (κ3) is 6.42. The molecule has 37 heavy (non-hydrogen) atoms. The lowest BCUT2D eigenvalue weighted by molar-refractivity contribution is 0.417. The van der Waals surface area contributed by atoms with Crippen LogP contribution in [-0.2, 0) is 10.0 Å². The number of ether oxygens (including phenoxy) is 1. The number of likely N-dealkylation sites (N-methyl/N-ethyl adjacent to an activating group) is 1. The maximum Gasteiger partial charge on any atom is 0.242 e. The van der Waals surface area contributed by atoms with Crippen LogP contribution >= 0.6 is 11.6 Å². The van der Waals surface area contributed by atoms with E-state index in [4.69, 9.17) is 16.3 Å². The minimum Gasteiger partial charge on any atom is -0.494 e. The highest BCUT2D eigenvalue weighted by molar-refractivity contribution is 7.89. The summed E-state index contributed by atoms with van der Waals surface area (Å²) in [5, 5.41) is 9.79. The van der Waals surface area contributed by atoms with Gasteiger partial charge in [-0.05, 0) is 51.6 Å². The number of hydrogen-bond donors (Lipinski definition) is 4. The lowest BCUT2D eigenvalue weighted by atomic mass is 10.2. The summed E-state index contributed by atoms with van der Waals surface area (Å²) in [6.07, 6.45) is 2.54. The van der Waals surface area contributed by atoms with Gasteiger partial charge in [-0.2, -0.15) is 4.98 Å². The van der Waals surface area contributed by atoms with E-state index in [1.807, 2.05) is 25.2 Å². The molecule has 0 unspecified atom stereocenters. The van der Waals surface area contributed by atoms with E-state index >= 15 is 0 Å². The summed E-state index contributed by atoms with van der Waals surface area (Å²) in [6, 6.07) is 12.7. The van der Waals surface area contributed by atoms with Crippen molar-refractivity contribution >= 4 is 50.5 Å². The first-order valence-corrected chi connectivity index (χ1v) is 13.8. The number of nitrogens with zero attached hydrogens (tertiary/aromatic N) is 3. The van der Waals surface area contributed by atoms with E-state index in [1.165, 1.54) is 12.3 Å². The van der Waals surface area contributed by atoms with Crippen LogP contribution in [0.15, 0.2) is 53.6 Å². The molecule has 1 aliphatic heterocycles. The zero-order chi connectivity index (χ0) is 26.6. The minimum absolute atomic E-state index is 0.0903. The third-order valence-electron chi connectivity index (χ3n) is 5.96. The smallest absolute Gasteiger partial charge is 0.242 e. The summed E-state index contributed by atoms with van der Waals surface area (Å²) in [5.41, 5.74) is 2.11. The standard InChI is InChI=1S/C25H32ClN7O3S/c1-16(2)32-37(34,35)23-8-6-5-7-21(23)29-24-19(26)14-28-25(31-24)30-20-10-9-18(13-22(20)36-4)33-12-11-17(15-33)27-3/h5-10,13-14,16-17,27,32H,11-12,15H2,1-4H3,(H2,28,29,30,31)/t17-/m1/s1. The number of benzene rings is 2. The molecule has 4 N–H and O–H groups in total. The number of para-hydroxylation sites is 1. The van der Waals surface area contributed by atoms with Crippen LogP contribution in [0.3, 0.4) is 0 Å². The molecule has 1 saturated heterocycles. The Morgan fingerprint density at radius 3 is 2.62 bits per heavy atom. The van der Waals surface area contributed by atoms with Gasteiger partial charge in [0, 0.05) is 36.9 Å². The molecule has 0 saturated carbocycles. The van der Waals surface area contributed by atoms with E-state index in [1.54, 1.807) is 39.2 Å². The predicted molar refractivity (Wildman–Crippen MR) is 148 cm³/mol. The van der Waals surface area contributed by atoms with Gasteiger partial charge in [0.05, 0.1) is 24.7 Å². The van der Waals surface area contributed by atoms with Crippen LogP contribution in [0.4, 0.5) is 28.8 Å². The van der Waals surface area contributed by atoms with E-state index in [0.29, 0.717) is 23.2 Å². The normalized spacial score (nSPS) is 15.7. The summed E-state index contributed by atoms with van der Waals surface area (Å²) in [4.78, 5) is 11.2. The molecule has 0 aliphatic carbocycles. The van der Waals surface area contributed by atoms with Crippen molar-refractivity contribution in [1.29, 1.82) is 0 Å². The average Bonchev–Trinajstić information content (AvgIpc) is 3.35. The van der Waals surface area contributed by atoms with E-state index in [-0.39, 0.29) is 27.7 Å². The zero-order valence-corrected chi connectivity index (χ0v) is 22.8. The molecule has 3 aromatic rings. The van der Waals surface area contributed by atoms with Crippen molar-refractivity contribution in [1.82, 2.24) is 20.0 Å². The topological polar surface area (TPSA) is 121 Å². The SMILES string of the molecule is CN[C@@H]1CCN(c2ccc(Nc3ncc(Cl)c(Nc4ccccc4S(=O)(=O)NC(C)C)n3)c(OC)c2)C1. The molecule has 4 rings (SSSR count). The lowest BCUT2D eigenvalue weighted by Crippen LogP contribution is -2.30. The monoisotopic (exact) mass is 545 g/mol. The number of aromatic nitrogens is 2. The van der Waals surface area contributed by atoms with Crippen molar-refractivity contribution in [3.05, 3.63) is 53.7 Å². The van der Waals surface area contributed by atoms with Crippen molar-refractivity contribution < 1.29 is 13.2 Å². The second-order valence-electron chi connectivity index (χ2n) is 9.02. The molecular weight excluding hydrogens is 514 g/mol. The first-order chi connectivity index (χ1) is 17.7. The molecular formula is C25H32ClN7O3S. The average molecular weight is 546 g/mol. The fourth-order valence-corrected chi connectivity index (χ4v) is 5.70. The Morgan fingerprint density at radius 1 is 1.14 bits per heavy atom. The maximum absolute atomic E-state index is 12.8. The van der Waals surface area contributed by atoms with Gasteiger partial charge in [-0.3, -0.25) is 0 Å². The number of methoxy groups -OCH3 is 1. The Balaban J connectivity index is 1.57. The maximum atomic E-state index is 12.8. The Bertz CT molecular complexity index is 1350. The Labute approximate surface area is 222 Å². The van der Waals surface area contributed by atoms with E-state index in [2.05, 4.69) is 35.5 Å². The quantitative estimate of drug-likeness (QED) is 0.298. The lowest BCUT2D eigenvalue weighted by Gasteiger charge is -2.21. The van der Waals surface area contributed by atoms with E-state index in [0.717, 1.165) is 25.2 Å². The van der Waals surface area contributed by atoms with Crippen LogP contribution in [0.5, 0.6) is 5.75 Å². The second-order valence-corrected chi connectivity index (χ2v) is 11.1. The van der Waals surface area contributed by atoms with Gasteiger partial charge in [0.2, 0.25) is 16.0 Å². The Hall–Kier alpha value is -3.12. The van der Waals surface area contributed by atoms with Gasteiger partial charge in [0.1, 0.15) is 15.7 Å². The molecule has 0 spiro atoms. The number of nitrogens with one attached hydrogen (secondary N) is 4. The van der Waals surface area contributed by atoms with Gasteiger partial charge in [0.25, 0.3) is 0 Å². The molecule has 1 aliphatic rings. The summed E-state index contributed by atoms with van der Waals surface area (Å²) < 4.78 is 33.9. The van der Waals surface area contributed by atoms with Crippen LogP contribution in [0.1, 0.15) is 20.3 Å². The van der Waals surface area contributed by atoms with Crippen molar-refractivity contribution in [3.63, 3.8) is 0 Å². The first kappa shape index (κ1) is 26.9. The number of anilines is 5. The van der Waals surface area contributed by atoms with Gasteiger partial charge >= 0.3 is 0 Å². The molecule has 198 valence electrons. The third-order valence-corrected chi connectivity index (χ3v) is 7.95. The van der Waals surface area contributed by atoms with Gasteiger partial charge in [-0.15, -0.1) is 0 Å². The van der Waals surface area contributed by atoms with Crippen molar-refractivity contribution in [3.8, 4) is 5.75 Å². The Morgan fingerprint density at radius 2 is 1.92 bits per heavy atom. The van der Waals surface area contributed by atoms with Crippen LogP contribution in [-0.4, -0.2) is 57.7 Å². The van der Waals surface area contributed by atoms with Crippen LogP contribution in [0.2, 0.25) is 5.02 Å². The van der Waals surface area contributed by atoms with Crippen molar-refractivity contribution in [2.24, 2.45) is 0 Å². The summed E-state index contributed by atoms with van der Waals surface area (Å²) >= 11 is 6.36. The largest absolute Gasteiger partial charge is 0.494 e. The molecule has 0 amide bonds. The highest BCUT2D eigenvalue weighted by Crippen LogP contribution is 2.34. The number of hydrogen-bond acceptors (Lipinski definition) is 9. The van der Waals surface area contributed by atoms with Gasteiger partial charge in [-0.25, -0.2) is 18.1 Å². The molecule has 12 heteroatoms. The second kappa shape index (κ2) is 11.5. The van der Waals surface area contributed by atoms with Gasteiger partial charge in [-0.1, -0.05) is 23.7 Å². The molecule has 1 atom stereocenters. The zero-order valence-electron chi connectivity index (χ0n) is 21.2. The molecule has 1 fully saturated rings. The molecule has 0 radical (unpaired) electrons. The summed E-state index contributed by atoms with van der Waals surface area (Å²) in [6.45, 7) is 5.43. The van der Waals surface area contributed by atoms with Crippen molar-refractivity contribution in [2.45, 2.75) is 37.2 Å². The highest BCUT2D eigenvalue weighted by Gasteiger charge is 2.23. The van der Waals surface area contributed by atoms with Gasteiger partial charge < -0.3 is 25.6 Å². The number of sulfonamides is 1.